The molecule has 1 aromatic carbocycles. The Morgan fingerprint density at radius 1 is 1.29 bits per heavy atom. The van der Waals surface area contributed by atoms with Crippen molar-refractivity contribution in [3.05, 3.63) is 41.0 Å². The van der Waals surface area contributed by atoms with Crippen LogP contribution in [0.15, 0.2) is 34.9 Å². The largest absolute Gasteiger partial charge is 0.480 e. The summed E-state index contributed by atoms with van der Waals surface area (Å²) in [5.74, 6) is 0.152. The van der Waals surface area contributed by atoms with Gasteiger partial charge in [-0.25, -0.2) is 4.79 Å². The number of thioether (sulfide) groups is 1. The van der Waals surface area contributed by atoms with Gasteiger partial charge in [0.25, 0.3) is 5.91 Å². The number of rotatable bonds is 4. The topological polar surface area (TPSA) is 92.4 Å². The van der Waals surface area contributed by atoms with Gasteiger partial charge in [0.1, 0.15) is 5.54 Å². The second-order valence-electron chi connectivity index (χ2n) is 5.51. The molecular weight excluding hydrogens is 352 g/mol. The van der Waals surface area contributed by atoms with Crippen LogP contribution < -0.4 is 5.32 Å². The number of hydrogen-bond donors (Lipinski definition) is 2. The van der Waals surface area contributed by atoms with E-state index in [0.717, 1.165) is 0 Å². The van der Waals surface area contributed by atoms with Crippen molar-refractivity contribution in [1.29, 1.82) is 0 Å². The highest BCUT2D eigenvalue weighted by Crippen LogP contribution is 2.30. The van der Waals surface area contributed by atoms with Gasteiger partial charge in [-0.2, -0.15) is 11.8 Å². The van der Waals surface area contributed by atoms with E-state index < -0.39 is 17.4 Å². The molecule has 6 nitrogen and oxygen atoms in total. The van der Waals surface area contributed by atoms with Crippen molar-refractivity contribution < 1.29 is 19.2 Å². The van der Waals surface area contributed by atoms with Crippen LogP contribution in [-0.4, -0.2) is 39.2 Å². The molecule has 0 bridgehead atoms. The molecule has 8 heteroatoms. The average Bonchev–Trinajstić information content (AvgIpc) is 3.06. The summed E-state index contributed by atoms with van der Waals surface area (Å²) in [7, 11) is 0. The van der Waals surface area contributed by atoms with Crippen LogP contribution in [0.5, 0.6) is 0 Å². The summed E-state index contributed by atoms with van der Waals surface area (Å²) in [5, 5.41) is 16.4. The molecule has 1 fully saturated rings. The molecule has 1 aliphatic rings. The van der Waals surface area contributed by atoms with Crippen LogP contribution >= 0.6 is 23.4 Å². The maximum absolute atomic E-state index is 12.4. The van der Waals surface area contributed by atoms with Crippen molar-refractivity contribution in [1.82, 2.24) is 10.5 Å². The Hall–Kier alpha value is -1.99. The molecule has 1 aliphatic heterocycles. The molecule has 0 spiro atoms. The Bertz CT molecular complexity index is 771. The Labute approximate surface area is 147 Å². The fourth-order valence-electron chi connectivity index (χ4n) is 2.56. The molecule has 24 heavy (non-hydrogen) atoms. The summed E-state index contributed by atoms with van der Waals surface area (Å²) in [6, 6.07) is 8.50. The van der Waals surface area contributed by atoms with Crippen molar-refractivity contribution in [2.45, 2.75) is 18.4 Å². The Balaban J connectivity index is 1.81. The number of hydrogen-bond acceptors (Lipinski definition) is 5. The molecule has 0 saturated carbocycles. The molecule has 1 amide bonds. The summed E-state index contributed by atoms with van der Waals surface area (Å²) < 4.78 is 5.19. The van der Waals surface area contributed by atoms with Crippen molar-refractivity contribution in [2.75, 3.05) is 11.5 Å². The van der Waals surface area contributed by atoms with E-state index in [4.69, 9.17) is 16.1 Å². The smallest absolute Gasteiger partial charge is 0.329 e. The summed E-state index contributed by atoms with van der Waals surface area (Å²) in [6.45, 7) is 0. The lowest BCUT2D eigenvalue weighted by Gasteiger charge is -2.33. The van der Waals surface area contributed by atoms with Crippen LogP contribution in [0.4, 0.5) is 0 Å². The number of carboxylic acids is 1. The van der Waals surface area contributed by atoms with Gasteiger partial charge in [0.15, 0.2) is 11.5 Å². The SMILES string of the molecule is O=C(NC1(C(=O)O)CCSCC1)c1cc(-c2ccccc2Cl)on1. The van der Waals surface area contributed by atoms with Crippen LogP contribution in [0, 0.1) is 0 Å². The van der Waals surface area contributed by atoms with Gasteiger partial charge >= 0.3 is 5.97 Å². The lowest BCUT2D eigenvalue weighted by atomic mass is 9.92. The fraction of sp³-hybridized carbons (Fsp3) is 0.312. The van der Waals surface area contributed by atoms with Gasteiger partial charge in [-0.1, -0.05) is 28.9 Å². The van der Waals surface area contributed by atoms with Gasteiger partial charge in [0.2, 0.25) is 0 Å². The highest BCUT2D eigenvalue weighted by Gasteiger charge is 2.41. The number of nitrogens with zero attached hydrogens (tertiary/aromatic N) is 1. The molecule has 0 radical (unpaired) electrons. The van der Waals surface area contributed by atoms with Crippen LogP contribution in [0.3, 0.4) is 0 Å². The Kier molecular flexibility index (Phi) is 4.82. The highest BCUT2D eigenvalue weighted by molar-refractivity contribution is 7.99. The van der Waals surface area contributed by atoms with E-state index in [9.17, 15) is 14.7 Å². The maximum Gasteiger partial charge on any atom is 0.329 e. The second-order valence-corrected chi connectivity index (χ2v) is 7.14. The minimum atomic E-state index is -1.24. The van der Waals surface area contributed by atoms with Crippen molar-refractivity contribution in [2.24, 2.45) is 0 Å². The second kappa shape index (κ2) is 6.86. The predicted octanol–water partition coefficient (Wildman–Crippen LogP) is 3.08. The quantitative estimate of drug-likeness (QED) is 0.863. The molecule has 2 heterocycles. The number of carbonyl (C=O) groups is 2. The summed E-state index contributed by atoms with van der Waals surface area (Å²) in [6.07, 6.45) is 0.766. The van der Waals surface area contributed by atoms with Gasteiger partial charge in [0.05, 0.1) is 5.02 Å². The molecule has 2 aromatic rings. The maximum atomic E-state index is 12.4. The van der Waals surface area contributed by atoms with Gasteiger partial charge in [-0.15, -0.1) is 0 Å². The van der Waals surface area contributed by atoms with Gasteiger partial charge in [-0.3, -0.25) is 4.79 Å². The van der Waals surface area contributed by atoms with E-state index in [1.54, 1.807) is 36.0 Å². The number of amides is 1. The standard InChI is InChI=1S/C16H15ClN2O4S/c17-11-4-2-1-3-10(11)13-9-12(19-23-13)14(20)18-16(15(21)22)5-7-24-8-6-16/h1-4,9H,5-8H2,(H,18,20)(H,21,22). The third kappa shape index (κ3) is 3.27. The first-order chi connectivity index (χ1) is 11.5. The van der Waals surface area contributed by atoms with Crippen molar-refractivity contribution in [3.63, 3.8) is 0 Å². The summed E-state index contributed by atoms with van der Waals surface area (Å²) in [4.78, 5) is 24.0. The van der Waals surface area contributed by atoms with E-state index in [0.29, 0.717) is 40.7 Å². The Morgan fingerprint density at radius 3 is 2.67 bits per heavy atom. The number of aromatic nitrogens is 1. The van der Waals surface area contributed by atoms with Gasteiger partial charge in [-0.05, 0) is 36.5 Å². The zero-order valence-corrected chi connectivity index (χ0v) is 14.2. The first-order valence-corrected chi connectivity index (χ1v) is 8.90. The predicted molar refractivity (Wildman–Crippen MR) is 91.3 cm³/mol. The van der Waals surface area contributed by atoms with Crippen LogP contribution in [0.25, 0.3) is 11.3 Å². The van der Waals surface area contributed by atoms with Gasteiger partial charge < -0.3 is 14.9 Å². The van der Waals surface area contributed by atoms with Crippen molar-refractivity contribution >= 4 is 35.2 Å². The molecule has 126 valence electrons. The molecule has 0 aliphatic carbocycles. The van der Waals surface area contributed by atoms with E-state index in [1.807, 2.05) is 0 Å². The van der Waals surface area contributed by atoms with Crippen LogP contribution in [0.2, 0.25) is 5.02 Å². The highest BCUT2D eigenvalue weighted by atomic mass is 35.5. The fourth-order valence-corrected chi connectivity index (χ4v) is 3.98. The van der Waals surface area contributed by atoms with E-state index in [-0.39, 0.29) is 5.69 Å². The van der Waals surface area contributed by atoms with E-state index in [2.05, 4.69) is 10.5 Å². The lowest BCUT2D eigenvalue weighted by Crippen LogP contribution is -2.56. The zero-order valence-electron chi connectivity index (χ0n) is 12.6. The zero-order chi connectivity index (χ0) is 17.2. The molecule has 1 saturated heterocycles. The molecule has 2 N–H and O–H groups in total. The number of carboxylic acid groups (broad SMARTS) is 1. The number of benzene rings is 1. The summed E-state index contributed by atoms with van der Waals surface area (Å²) >= 11 is 7.78. The average molecular weight is 367 g/mol. The molecule has 0 unspecified atom stereocenters. The molecule has 3 rings (SSSR count). The Morgan fingerprint density at radius 2 is 2.00 bits per heavy atom. The van der Waals surface area contributed by atoms with E-state index >= 15 is 0 Å². The number of aliphatic carboxylic acids is 1. The monoisotopic (exact) mass is 366 g/mol. The third-order valence-electron chi connectivity index (χ3n) is 3.99. The lowest BCUT2D eigenvalue weighted by molar-refractivity contribution is -0.144. The van der Waals surface area contributed by atoms with Gasteiger partial charge in [0, 0.05) is 11.6 Å². The number of carbonyl (C=O) groups excluding carboxylic acids is 1. The number of halogens is 1. The first-order valence-electron chi connectivity index (χ1n) is 7.37. The van der Waals surface area contributed by atoms with Crippen molar-refractivity contribution in [3.8, 4) is 11.3 Å². The third-order valence-corrected chi connectivity index (χ3v) is 5.31. The molecular formula is C16H15ClN2O4S. The van der Waals surface area contributed by atoms with Crippen LogP contribution in [-0.2, 0) is 4.79 Å². The number of nitrogens with one attached hydrogen (secondary N) is 1. The minimum absolute atomic E-state index is 0.0313. The molecule has 1 aromatic heterocycles. The van der Waals surface area contributed by atoms with E-state index in [1.165, 1.54) is 6.07 Å². The minimum Gasteiger partial charge on any atom is -0.480 e. The van der Waals surface area contributed by atoms with Crippen LogP contribution in [0.1, 0.15) is 23.3 Å². The molecule has 0 atom stereocenters. The summed E-state index contributed by atoms with van der Waals surface area (Å²) in [5.41, 5.74) is -0.595. The first kappa shape index (κ1) is 16.9. The normalized spacial score (nSPS) is 16.5.